The van der Waals surface area contributed by atoms with E-state index in [0.717, 1.165) is 0 Å². The molecule has 2 N–H and O–H groups in total. The Balaban J connectivity index is 5.24. The first kappa shape index (κ1) is 18.0. The van der Waals surface area contributed by atoms with Gasteiger partial charge in [0, 0.05) is 12.2 Å². The van der Waals surface area contributed by atoms with Crippen molar-refractivity contribution in [2.45, 2.75) is 24.6 Å². The monoisotopic (exact) mass is 295 g/mol. The van der Waals surface area contributed by atoms with Crippen LogP contribution in [0.15, 0.2) is 12.2 Å². The molecule has 1 unspecified atom stereocenters. The van der Waals surface area contributed by atoms with Crippen LogP contribution in [0.5, 0.6) is 0 Å². The molecule has 0 aliphatic rings. The van der Waals surface area contributed by atoms with Crippen molar-refractivity contribution in [2.75, 3.05) is 27.3 Å². The topological polar surface area (TPSA) is 104 Å². The van der Waals surface area contributed by atoms with Gasteiger partial charge in [-0.2, -0.15) is 8.42 Å². The van der Waals surface area contributed by atoms with Gasteiger partial charge in [-0.25, -0.2) is 4.79 Å². The molecule has 0 aliphatic carbocycles. The molecule has 0 saturated carbocycles. The fourth-order valence-electron chi connectivity index (χ4n) is 1.52. The second-order valence-electron chi connectivity index (χ2n) is 4.50. The Morgan fingerprint density at radius 1 is 1.42 bits per heavy atom. The number of aliphatic hydroxyl groups excluding tert-OH is 1. The number of nitrogens with zero attached hydrogens (tertiary/aromatic N) is 1. The van der Waals surface area contributed by atoms with E-state index in [0.29, 0.717) is 0 Å². The van der Waals surface area contributed by atoms with Crippen molar-refractivity contribution < 1.29 is 27.6 Å². The smallest absolute Gasteiger partial charge is 0.333 e. The second kappa shape index (κ2) is 6.99. The Morgan fingerprint density at radius 2 is 1.95 bits per heavy atom. The highest BCUT2D eigenvalue weighted by atomic mass is 32.2. The van der Waals surface area contributed by atoms with E-state index in [1.807, 2.05) is 0 Å². The van der Waals surface area contributed by atoms with Crippen molar-refractivity contribution in [2.24, 2.45) is 0 Å². The number of hydrogen-bond donors (Lipinski definition) is 2. The van der Waals surface area contributed by atoms with Gasteiger partial charge in [-0.1, -0.05) is 6.58 Å². The molecule has 8 heteroatoms. The van der Waals surface area contributed by atoms with Crippen LogP contribution in [0, 0.1) is 0 Å². The van der Waals surface area contributed by atoms with Crippen LogP contribution in [0.4, 0.5) is 0 Å². The molecular formula is C11H21NO6S. The van der Waals surface area contributed by atoms with Crippen molar-refractivity contribution >= 4 is 16.1 Å². The average molecular weight is 295 g/mol. The molecule has 0 radical (unpaired) electrons. The van der Waals surface area contributed by atoms with Gasteiger partial charge in [-0.15, -0.1) is 0 Å². The van der Waals surface area contributed by atoms with E-state index in [-0.39, 0.29) is 25.0 Å². The van der Waals surface area contributed by atoms with Crippen LogP contribution in [-0.4, -0.2) is 61.1 Å². The largest absolute Gasteiger partial charge is 0.459 e. The van der Waals surface area contributed by atoms with Crippen LogP contribution in [-0.2, 0) is 19.6 Å². The first-order valence-corrected chi connectivity index (χ1v) is 7.10. The molecule has 0 aliphatic heterocycles. The zero-order valence-electron chi connectivity index (χ0n) is 11.4. The summed E-state index contributed by atoms with van der Waals surface area (Å²) < 4.78 is 37.5. The van der Waals surface area contributed by atoms with Gasteiger partial charge in [0.1, 0.15) is 6.61 Å². The van der Waals surface area contributed by atoms with E-state index < -0.39 is 27.6 Å². The van der Waals surface area contributed by atoms with Crippen molar-refractivity contribution in [1.82, 2.24) is 4.90 Å². The summed E-state index contributed by atoms with van der Waals surface area (Å²) in [5, 5.41) is 8.83. The van der Waals surface area contributed by atoms with E-state index in [2.05, 4.69) is 6.58 Å². The number of carbonyl (C=O) groups excluding carboxylic acids is 1. The lowest BCUT2D eigenvalue weighted by atomic mass is 10.1. The number of aliphatic hydroxyl groups is 1. The maximum atomic E-state index is 11.6. The van der Waals surface area contributed by atoms with E-state index in [1.165, 1.54) is 25.9 Å². The Bertz CT molecular complexity index is 430. The lowest BCUT2D eigenvalue weighted by molar-refractivity contribution is -0.141. The Morgan fingerprint density at radius 3 is 2.26 bits per heavy atom. The van der Waals surface area contributed by atoms with Gasteiger partial charge in [0.15, 0.2) is 4.87 Å². The molecular weight excluding hydrogens is 274 g/mol. The van der Waals surface area contributed by atoms with Gasteiger partial charge in [0.25, 0.3) is 10.1 Å². The Kier molecular flexibility index (Phi) is 6.64. The summed E-state index contributed by atoms with van der Waals surface area (Å²) in [6.07, 6.45) is 0.0708. The maximum absolute atomic E-state index is 11.6. The van der Waals surface area contributed by atoms with E-state index in [4.69, 9.17) is 9.84 Å². The molecule has 0 amide bonds. The van der Waals surface area contributed by atoms with Gasteiger partial charge in [0.2, 0.25) is 0 Å². The van der Waals surface area contributed by atoms with Crippen molar-refractivity contribution in [3.8, 4) is 0 Å². The summed E-state index contributed by atoms with van der Waals surface area (Å²) in [5.74, 6) is -0.737. The molecule has 0 spiro atoms. The predicted octanol–water partition coefficient (Wildman–Crippen LogP) is 0.0239. The van der Waals surface area contributed by atoms with E-state index in [9.17, 15) is 17.8 Å². The van der Waals surface area contributed by atoms with E-state index >= 15 is 0 Å². The summed E-state index contributed by atoms with van der Waals surface area (Å²) >= 11 is 0. The third kappa shape index (κ3) is 4.57. The van der Waals surface area contributed by atoms with Crippen molar-refractivity contribution in [3.05, 3.63) is 12.2 Å². The number of esters is 1. The number of likely N-dealkylation sites (N-methyl/N-ethyl adjacent to an activating group) is 1. The van der Waals surface area contributed by atoms with Gasteiger partial charge < -0.3 is 9.84 Å². The van der Waals surface area contributed by atoms with Crippen LogP contribution >= 0.6 is 0 Å². The molecule has 7 nitrogen and oxygen atoms in total. The molecule has 0 aromatic heterocycles. The average Bonchev–Trinajstić information content (AvgIpc) is 2.26. The molecule has 0 saturated heterocycles. The third-order valence-corrected chi connectivity index (χ3v) is 4.45. The number of carbonyl (C=O) groups is 1. The van der Waals surface area contributed by atoms with E-state index in [1.54, 1.807) is 0 Å². The van der Waals surface area contributed by atoms with Gasteiger partial charge in [0.05, 0.1) is 0 Å². The molecule has 19 heavy (non-hydrogen) atoms. The Labute approximate surface area is 113 Å². The number of rotatable bonds is 8. The highest BCUT2D eigenvalue weighted by Gasteiger charge is 2.46. The molecule has 0 fully saturated rings. The lowest BCUT2D eigenvalue weighted by Crippen LogP contribution is -2.54. The zero-order chi connectivity index (χ0) is 15.3. The van der Waals surface area contributed by atoms with Crippen LogP contribution in [0.2, 0.25) is 0 Å². The molecule has 0 rings (SSSR count). The fraction of sp³-hybridized carbons (Fsp3) is 0.727. The quantitative estimate of drug-likeness (QED) is 0.369. The Hall–Kier alpha value is -0.960. The fourth-order valence-corrected chi connectivity index (χ4v) is 2.59. The number of ether oxygens (including phenoxy) is 1. The van der Waals surface area contributed by atoms with Crippen LogP contribution in [0.3, 0.4) is 0 Å². The molecule has 1 atom stereocenters. The summed E-state index contributed by atoms with van der Waals surface area (Å²) in [6.45, 7) is 4.04. The SMILES string of the molecule is C=C(C)C(=O)OCC(CCCO)(N(C)C)S(=O)(=O)O. The summed E-state index contributed by atoms with van der Waals surface area (Å²) in [4.78, 5) is 10.8. The summed E-state index contributed by atoms with van der Waals surface area (Å²) in [5.41, 5.74) is 0.130. The molecule has 0 aromatic rings. The van der Waals surface area contributed by atoms with Crippen molar-refractivity contribution in [1.29, 1.82) is 0 Å². The van der Waals surface area contributed by atoms with Gasteiger partial charge in [-0.05, 0) is 33.9 Å². The standard InChI is InChI=1S/C11H21NO6S/c1-9(2)10(14)18-8-11(12(3)4,6-5-7-13)19(15,16)17/h13H,1,5-8H2,2-4H3,(H,15,16,17). The maximum Gasteiger partial charge on any atom is 0.333 e. The highest BCUT2D eigenvalue weighted by Crippen LogP contribution is 2.26. The van der Waals surface area contributed by atoms with Crippen molar-refractivity contribution in [3.63, 3.8) is 0 Å². The zero-order valence-corrected chi connectivity index (χ0v) is 12.2. The van der Waals surface area contributed by atoms with Gasteiger partial charge >= 0.3 is 5.97 Å². The van der Waals surface area contributed by atoms with Crippen LogP contribution in [0.25, 0.3) is 0 Å². The molecule has 0 aromatic carbocycles. The first-order valence-electron chi connectivity index (χ1n) is 5.66. The van der Waals surface area contributed by atoms with Crippen LogP contribution < -0.4 is 0 Å². The normalized spacial score (nSPS) is 15.1. The second-order valence-corrected chi connectivity index (χ2v) is 6.21. The predicted molar refractivity (Wildman–Crippen MR) is 70.1 cm³/mol. The first-order chi connectivity index (χ1) is 8.58. The van der Waals surface area contributed by atoms with Gasteiger partial charge in [-0.3, -0.25) is 9.45 Å². The number of hydrogen-bond acceptors (Lipinski definition) is 6. The molecule has 0 heterocycles. The molecule has 112 valence electrons. The minimum absolute atomic E-state index is 0.0706. The minimum atomic E-state index is -4.51. The third-order valence-electron chi connectivity index (χ3n) is 2.80. The lowest BCUT2D eigenvalue weighted by Gasteiger charge is -2.36. The van der Waals surface area contributed by atoms with Crippen LogP contribution in [0.1, 0.15) is 19.8 Å². The summed E-state index contributed by atoms with van der Waals surface area (Å²) in [7, 11) is -1.62. The highest BCUT2D eigenvalue weighted by molar-refractivity contribution is 7.87. The minimum Gasteiger partial charge on any atom is -0.459 e. The molecule has 0 bridgehead atoms. The summed E-state index contributed by atoms with van der Waals surface area (Å²) in [6, 6.07) is 0.